The Balaban J connectivity index is 1.82. The van der Waals surface area contributed by atoms with Crippen LogP contribution in [0.3, 0.4) is 0 Å². The number of aromatic nitrogens is 2. The van der Waals surface area contributed by atoms with E-state index in [2.05, 4.69) is 11.2 Å². The highest BCUT2D eigenvalue weighted by atomic mass is 16.2. The summed E-state index contributed by atoms with van der Waals surface area (Å²) in [4.78, 5) is 40.6. The fraction of sp³-hybridized carbons (Fsp3) is 0.556. The van der Waals surface area contributed by atoms with Crippen molar-refractivity contribution in [2.24, 2.45) is 13.0 Å². The van der Waals surface area contributed by atoms with E-state index >= 15 is 0 Å². The smallest absolute Gasteiger partial charge is 0.274 e. The molecular weight excluding hydrogens is 320 g/mol. The van der Waals surface area contributed by atoms with Crippen LogP contribution in [0.15, 0.2) is 28.6 Å². The number of piperidine rings is 1. The summed E-state index contributed by atoms with van der Waals surface area (Å²) < 4.78 is 1.16. The Morgan fingerprint density at radius 3 is 2.68 bits per heavy atom. The topological polar surface area (TPSA) is 75.5 Å². The molecule has 1 aromatic rings. The number of hydrogen-bond acceptors (Lipinski definition) is 4. The Morgan fingerprint density at radius 1 is 1.24 bits per heavy atom. The van der Waals surface area contributed by atoms with E-state index in [1.54, 1.807) is 4.90 Å². The molecule has 7 nitrogen and oxygen atoms in total. The van der Waals surface area contributed by atoms with Gasteiger partial charge in [0.2, 0.25) is 5.91 Å². The van der Waals surface area contributed by atoms with Gasteiger partial charge < -0.3 is 9.80 Å². The van der Waals surface area contributed by atoms with Crippen molar-refractivity contribution in [2.45, 2.75) is 32.7 Å². The molecule has 3 fully saturated rings. The number of aryl methyl sites for hydroxylation is 1. The third kappa shape index (κ3) is 3.50. The molecule has 3 aliphatic rings. The van der Waals surface area contributed by atoms with Crippen molar-refractivity contribution >= 4 is 11.8 Å². The van der Waals surface area contributed by atoms with E-state index in [1.807, 2.05) is 18.7 Å². The fourth-order valence-electron chi connectivity index (χ4n) is 3.51. The van der Waals surface area contributed by atoms with Gasteiger partial charge in [0, 0.05) is 38.8 Å². The first kappa shape index (κ1) is 17.4. The number of hydrogen-bond donors (Lipinski definition) is 0. The number of rotatable bonds is 3. The van der Waals surface area contributed by atoms with Gasteiger partial charge in [-0.3, -0.25) is 14.4 Å². The Hall–Kier alpha value is -2.44. The molecule has 0 spiro atoms. The van der Waals surface area contributed by atoms with Crippen LogP contribution in [0.2, 0.25) is 0 Å². The van der Waals surface area contributed by atoms with Crippen LogP contribution >= 0.6 is 0 Å². The van der Waals surface area contributed by atoms with E-state index in [1.165, 1.54) is 24.8 Å². The van der Waals surface area contributed by atoms with E-state index in [-0.39, 0.29) is 35.0 Å². The molecule has 2 atom stereocenters. The lowest BCUT2D eigenvalue weighted by molar-refractivity contribution is -0.139. The normalized spacial score (nSPS) is 22.8. The van der Waals surface area contributed by atoms with Gasteiger partial charge in [-0.05, 0) is 32.8 Å². The lowest BCUT2D eigenvalue weighted by Gasteiger charge is -2.35. The highest BCUT2D eigenvalue weighted by Gasteiger charge is 2.41. The molecule has 25 heavy (non-hydrogen) atoms. The summed E-state index contributed by atoms with van der Waals surface area (Å²) in [7, 11) is 1.52. The molecule has 0 aromatic carbocycles. The van der Waals surface area contributed by atoms with Crippen LogP contribution < -0.4 is 5.56 Å². The molecule has 3 aliphatic heterocycles. The third-order valence-corrected chi connectivity index (χ3v) is 4.96. The molecule has 0 saturated carbocycles. The predicted molar refractivity (Wildman–Crippen MR) is 93.0 cm³/mol. The van der Waals surface area contributed by atoms with E-state index in [0.29, 0.717) is 19.6 Å². The molecule has 0 radical (unpaired) electrons. The fourth-order valence-corrected chi connectivity index (χ4v) is 3.51. The molecule has 4 heterocycles. The van der Waals surface area contributed by atoms with Crippen LogP contribution in [0.25, 0.3) is 0 Å². The Bertz CT molecular complexity index is 779. The van der Waals surface area contributed by atoms with Crippen molar-refractivity contribution in [2.75, 3.05) is 19.6 Å². The Kier molecular flexibility index (Phi) is 4.74. The molecular formula is C18H24N4O3. The number of carbonyl (C=O) groups excluding carboxylic acids is 2. The average Bonchev–Trinajstić information content (AvgIpc) is 2.86. The van der Waals surface area contributed by atoms with Gasteiger partial charge in [0.1, 0.15) is 5.69 Å². The van der Waals surface area contributed by atoms with Crippen LogP contribution in [0.5, 0.6) is 0 Å². The standard InChI is InChI=1S/C18H24N4O3/c1-12(2)8-9-22-14-5-4-13(17(22)24)10-21(11-14)18(25)15-6-7-16(23)20(3)19-15/h6-8,13-14H,4-5,9-11H2,1-3H3/t13-,14+/m0/s1. The van der Waals surface area contributed by atoms with Crippen molar-refractivity contribution in [1.82, 2.24) is 19.6 Å². The third-order valence-electron chi connectivity index (χ3n) is 4.96. The van der Waals surface area contributed by atoms with Gasteiger partial charge in [-0.25, -0.2) is 4.68 Å². The summed E-state index contributed by atoms with van der Waals surface area (Å²) in [5.74, 6) is -0.234. The summed E-state index contributed by atoms with van der Waals surface area (Å²) in [6.07, 6.45) is 3.79. The van der Waals surface area contributed by atoms with E-state index in [9.17, 15) is 14.4 Å². The average molecular weight is 344 g/mol. The molecule has 0 unspecified atom stereocenters. The zero-order valence-corrected chi connectivity index (χ0v) is 14.9. The van der Waals surface area contributed by atoms with Gasteiger partial charge in [0.15, 0.2) is 0 Å². The minimum atomic E-state index is -0.254. The lowest BCUT2D eigenvalue weighted by atomic mass is 9.94. The van der Waals surface area contributed by atoms with Crippen LogP contribution in [0.1, 0.15) is 37.2 Å². The first-order chi connectivity index (χ1) is 11.9. The van der Waals surface area contributed by atoms with E-state index < -0.39 is 0 Å². The zero-order valence-electron chi connectivity index (χ0n) is 14.9. The van der Waals surface area contributed by atoms with E-state index in [0.717, 1.165) is 17.5 Å². The molecule has 2 bridgehead atoms. The summed E-state index contributed by atoms with van der Waals surface area (Å²) in [5, 5.41) is 4.05. The minimum Gasteiger partial charge on any atom is -0.334 e. The SMILES string of the molecule is CC(C)=CCN1C(=O)[C@H]2CC[C@@H]1CN(C(=O)c1ccc(=O)n(C)n1)C2. The Labute approximate surface area is 146 Å². The van der Waals surface area contributed by atoms with Gasteiger partial charge in [-0.2, -0.15) is 5.10 Å². The van der Waals surface area contributed by atoms with E-state index in [4.69, 9.17) is 0 Å². The van der Waals surface area contributed by atoms with Crippen molar-refractivity contribution in [3.8, 4) is 0 Å². The molecule has 134 valence electrons. The maximum absolute atomic E-state index is 12.8. The van der Waals surface area contributed by atoms with Crippen LogP contribution in [-0.4, -0.2) is 57.1 Å². The van der Waals surface area contributed by atoms with Crippen molar-refractivity contribution in [1.29, 1.82) is 0 Å². The molecule has 3 saturated heterocycles. The van der Waals surface area contributed by atoms with Crippen LogP contribution in [0, 0.1) is 5.92 Å². The van der Waals surface area contributed by atoms with Crippen molar-refractivity contribution in [3.05, 3.63) is 39.8 Å². The second-order valence-corrected chi connectivity index (χ2v) is 7.09. The largest absolute Gasteiger partial charge is 0.334 e. The van der Waals surface area contributed by atoms with Crippen LogP contribution in [0.4, 0.5) is 0 Å². The van der Waals surface area contributed by atoms with Gasteiger partial charge >= 0.3 is 0 Å². The highest BCUT2D eigenvalue weighted by molar-refractivity contribution is 5.93. The Morgan fingerprint density at radius 2 is 2.00 bits per heavy atom. The first-order valence-electron chi connectivity index (χ1n) is 8.64. The monoisotopic (exact) mass is 344 g/mol. The maximum Gasteiger partial charge on any atom is 0.274 e. The highest BCUT2D eigenvalue weighted by Crippen LogP contribution is 2.29. The second-order valence-electron chi connectivity index (χ2n) is 7.09. The quantitative estimate of drug-likeness (QED) is 0.761. The summed E-state index contributed by atoms with van der Waals surface area (Å²) in [6.45, 7) is 5.57. The molecule has 1 aromatic heterocycles. The molecule has 0 N–H and O–H groups in total. The molecule has 2 amide bonds. The number of amides is 2. The first-order valence-corrected chi connectivity index (χ1v) is 8.64. The summed E-state index contributed by atoms with van der Waals surface area (Å²) >= 11 is 0. The zero-order chi connectivity index (χ0) is 18.1. The predicted octanol–water partition coefficient (Wildman–Crippen LogP) is 0.810. The summed E-state index contributed by atoms with van der Waals surface area (Å²) in [6, 6.07) is 2.84. The second kappa shape index (κ2) is 6.82. The molecule has 0 aliphatic carbocycles. The van der Waals surface area contributed by atoms with Gasteiger partial charge in [0.05, 0.1) is 5.92 Å². The summed E-state index contributed by atoms with van der Waals surface area (Å²) in [5.41, 5.74) is 1.16. The van der Waals surface area contributed by atoms with Crippen LogP contribution in [-0.2, 0) is 11.8 Å². The number of nitrogens with zero attached hydrogens (tertiary/aromatic N) is 4. The van der Waals surface area contributed by atoms with Crippen molar-refractivity contribution in [3.63, 3.8) is 0 Å². The van der Waals surface area contributed by atoms with Crippen molar-refractivity contribution < 1.29 is 9.59 Å². The molecule has 4 rings (SSSR count). The number of carbonyl (C=O) groups is 2. The molecule has 7 heteroatoms. The minimum absolute atomic E-state index is 0.0401. The maximum atomic E-state index is 12.8. The lowest BCUT2D eigenvalue weighted by Crippen LogP contribution is -2.48. The number of fused-ring (bicyclic) bond motifs is 4. The number of allylic oxidation sites excluding steroid dienone is 1. The van der Waals surface area contributed by atoms with Gasteiger partial charge in [0.25, 0.3) is 11.5 Å². The van der Waals surface area contributed by atoms with Gasteiger partial charge in [-0.1, -0.05) is 11.6 Å². The van der Waals surface area contributed by atoms with Gasteiger partial charge in [-0.15, -0.1) is 0 Å².